The zero-order valence-electron chi connectivity index (χ0n) is 10.0. The lowest BCUT2D eigenvalue weighted by atomic mass is 10.1. The van der Waals surface area contributed by atoms with Crippen molar-refractivity contribution in [3.8, 4) is 5.75 Å². The molecular formula is C13H17NO3. The van der Waals surface area contributed by atoms with Crippen molar-refractivity contribution in [2.75, 3.05) is 20.3 Å². The Morgan fingerprint density at radius 2 is 2.41 bits per heavy atom. The van der Waals surface area contributed by atoms with E-state index in [0.29, 0.717) is 13.0 Å². The Kier molecular flexibility index (Phi) is 3.98. The summed E-state index contributed by atoms with van der Waals surface area (Å²) in [7, 11) is 1.64. The van der Waals surface area contributed by atoms with Crippen molar-refractivity contribution in [3.63, 3.8) is 0 Å². The van der Waals surface area contributed by atoms with Crippen LogP contribution < -0.4 is 4.74 Å². The lowest BCUT2D eigenvalue weighted by Gasteiger charge is -2.13. The quantitative estimate of drug-likeness (QED) is 0.798. The summed E-state index contributed by atoms with van der Waals surface area (Å²) in [6.45, 7) is 1.38. The van der Waals surface area contributed by atoms with E-state index in [9.17, 15) is 4.79 Å². The Morgan fingerprint density at radius 1 is 1.53 bits per heavy atom. The van der Waals surface area contributed by atoms with Crippen LogP contribution in [-0.2, 0) is 16.1 Å². The molecule has 1 aromatic carbocycles. The molecule has 0 atom stereocenters. The van der Waals surface area contributed by atoms with Crippen molar-refractivity contribution in [2.24, 2.45) is 0 Å². The predicted molar refractivity (Wildman–Crippen MR) is 63.6 cm³/mol. The van der Waals surface area contributed by atoms with E-state index < -0.39 is 0 Å². The third-order valence-corrected chi connectivity index (χ3v) is 2.79. The lowest BCUT2D eigenvalue weighted by molar-refractivity contribution is -0.168. The van der Waals surface area contributed by atoms with Gasteiger partial charge >= 0.3 is 0 Å². The molecule has 1 amide bonds. The second-order valence-corrected chi connectivity index (χ2v) is 4.03. The van der Waals surface area contributed by atoms with Crippen molar-refractivity contribution >= 4 is 5.91 Å². The molecule has 1 heterocycles. The first-order valence-corrected chi connectivity index (χ1v) is 5.86. The van der Waals surface area contributed by atoms with Gasteiger partial charge in [0, 0.05) is 6.42 Å². The monoisotopic (exact) mass is 235 g/mol. The van der Waals surface area contributed by atoms with Crippen molar-refractivity contribution in [2.45, 2.75) is 19.3 Å². The number of hydrogen-bond donors (Lipinski definition) is 0. The fraction of sp³-hybridized carbons (Fsp3) is 0.462. The second-order valence-electron chi connectivity index (χ2n) is 4.03. The molecule has 92 valence electrons. The van der Waals surface area contributed by atoms with Crippen molar-refractivity contribution < 1.29 is 14.4 Å². The Hall–Kier alpha value is -1.55. The highest BCUT2D eigenvalue weighted by atomic mass is 16.7. The Labute approximate surface area is 101 Å². The van der Waals surface area contributed by atoms with Crippen LogP contribution in [0.5, 0.6) is 5.75 Å². The van der Waals surface area contributed by atoms with E-state index in [-0.39, 0.29) is 5.91 Å². The van der Waals surface area contributed by atoms with E-state index in [4.69, 9.17) is 9.57 Å². The van der Waals surface area contributed by atoms with E-state index in [2.05, 4.69) is 0 Å². The molecule has 0 aliphatic carbocycles. The Bertz CT molecular complexity index is 386. The topological polar surface area (TPSA) is 38.8 Å². The van der Waals surface area contributed by atoms with Crippen LogP contribution in [0.1, 0.15) is 18.4 Å². The van der Waals surface area contributed by atoms with Gasteiger partial charge in [0.1, 0.15) is 5.75 Å². The van der Waals surface area contributed by atoms with Crippen LogP contribution in [0.25, 0.3) is 0 Å². The number of rotatable bonds is 4. The van der Waals surface area contributed by atoms with E-state index in [1.165, 1.54) is 5.06 Å². The molecule has 1 saturated heterocycles. The van der Waals surface area contributed by atoms with Gasteiger partial charge < -0.3 is 4.74 Å². The van der Waals surface area contributed by atoms with E-state index in [1.807, 2.05) is 24.3 Å². The molecule has 0 aromatic heterocycles. The molecule has 0 unspecified atom stereocenters. The highest BCUT2D eigenvalue weighted by molar-refractivity contribution is 5.75. The van der Waals surface area contributed by atoms with E-state index in [1.54, 1.807) is 7.11 Å². The van der Waals surface area contributed by atoms with E-state index >= 15 is 0 Å². The van der Waals surface area contributed by atoms with Crippen molar-refractivity contribution in [1.82, 2.24) is 5.06 Å². The molecule has 0 radical (unpaired) electrons. The third kappa shape index (κ3) is 3.20. The van der Waals surface area contributed by atoms with Crippen LogP contribution in [0, 0.1) is 0 Å². The summed E-state index contributed by atoms with van der Waals surface area (Å²) in [4.78, 5) is 16.9. The number of carbonyl (C=O) groups excluding carboxylic acids is 1. The zero-order chi connectivity index (χ0) is 12.1. The van der Waals surface area contributed by atoms with Gasteiger partial charge in [-0.25, -0.2) is 5.06 Å². The van der Waals surface area contributed by atoms with Gasteiger partial charge in [0.2, 0.25) is 5.91 Å². The minimum Gasteiger partial charge on any atom is -0.497 e. The standard InChI is InChI=1S/C13H17NO3/c1-16-12-5-2-4-11(10-12)6-7-13(15)14-8-3-9-17-14/h2,4-5,10H,3,6-9H2,1H3. The lowest BCUT2D eigenvalue weighted by Crippen LogP contribution is -2.26. The Balaban J connectivity index is 1.86. The van der Waals surface area contributed by atoms with Crippen LogP contribution in [0.2, 0.25) is 0 Å². The van der Waals surface area contributed by atoms with Crippen molar-refractivity contribution in [3.05, 3.63) is 29.8 Å². The van der Waals surface area contributed by atoms with Crippen LogP contribution in [-0.4, -0.2) is 31.2 Å². The van der Waals surface area contributed by atoms with Crippen LogP contribution in [0.3, 0.4) is 0 Å². The number of hydroxylamine groups is 2. The van der Waals surface area contributed by atoms with Gasteiger partial charge in [-0.2, -0.15) is 0 Å². The average molecular weight is 235 g/mol. The van der Waals surface area contributed by atoms with Crippen LogP contribution in [0.15, 0.2) is 24.3 Å². The van der Waals surface area contributed by atoms with Gasteiger partial charge in [-0.05, 0) is 30.5 Å². The molecule has 0 bridgehead atoms. The summed E-state index contributed by atoms with van der Waals surface area (Å²) in [5.74, 6) is 0.887. The molecule has 0 N–H and O–H groups in total. The van der Waals surface area contributed by atoms with Gasteiger partial charge in [-0.1, -0.05) is 12.1 Å². The van der Waals surface area contributed by atoms with Gasteiger partial charge in [-0.3, -0.25) is 9.63 Å². The van der Waals surface area contributed by atoms with Gasteiger partial charge in [-0.15, -0.1) is 0 Å². The number of amides is 1. The smallest absolute Gasteiger partial charge is 0.246 e. The highest BCUT2D eigenvalue weighted by Crippen LogP contribution is 2.15. The number of nitrogens with zero attached hydrogens (tertiary/aromatic N) is 1. The molecule has 0 saturated carbocycles. The summed E-state index contributed by atoms with van der Waals surface area (Å²) in [6, 6.07) is 7.79. The predicted octanol–water partition coefficient (Wildman–Crippen LogP) is 1.79. The molecule has 1 aliphatic heterocycles. The fourth-order valence-corrected chi connectivity index (χ4v) is 1.85. The number of benzene rings is 1. The first-order chi connectivity index (χ1) is 8.29. The molecule has 4 heteroatoms. The SMILES string of the molecule is COc1cccc(CCC(=O)N2CCCO2)c1. The number of hydrogen-bond acceptors (Lipinski definition) is 3. The maximum Gasteiger partial charge on any atom is 0.246 e. The average Bonchev–Trinajstić information content (AvgIpc) is 2.90. The molecule has 17 heavy (non-hydrogen) atoms. The molecule has 2 rings (SSSR count). The molecule has 1 fully saturated rings. The summed E-state index contributed by atoms with van der Waals surface area (Å²) < 4.78 is 5.14. The number of carbonyl (C=O) groups is 1. The minimum atomic E-state index is 0.0605. The molecule has 1 aliphatic rings. The van der Waals surface area contributed by atoms with Gasteiger partial charge in [0.05, 0.1) is 20.3 Å². The molecular weight excluding hydrogens is 218 g/mol. The minimum absolute atomic E-state index is 0.0605. The summed E-state index contributed by atoms with van der Waals surface area (Å²) in [5.41, 5.74) is 1.11. The summed E-state index contributed by atoms with van der Waals surface area (Å²) in [6.07, 6.45) is 2.13. The fourth-order valence-electron chi connectivity index (χ4n) is 1.85. The number of methoxy groups -OCH3 is 1. The maximum atomic E-state index is 11.7. The molecule has 1 aromatic rings. The highest BCUT2D eigenvalue weighted by Gasteiger charge is 2.18. The van der Waals surface area contributed by atoms with Crippen LogP contribution >= 0.6 is 0 Å². The molecule has 4 nitrogen and oxygen atoms in total. The van der Waals surface area contributed by atoms with Gasteiger partial charge in [0.25, 0.3) is 0 Å². The largest absolute Gasteiger partial charge is 0.497 e. The first kappa shape index (κ1) is 11.9. The maximum absolute atomic E-state index is 11.7. The second kappa shape index (κ2) is 5.68. The van der Waals surface area contributed by atoms with Crippen LogP contribution in [0.4, 0.5) is 0 Å². The number of ether oxygens (including phenoxy) is 1. The molecule has 0 spiro atoms. The first-order valence-electron chi connectivity index (χ1n) is 5.86. The van der Waals surface area contributed by atoms with Gasteiger partial charge in [0.15, 0.2) is 0 Å². The van der Waals surface area contributed by atoms with Crippen molar-refractivity contribution in [1.29, 1.82) is 0 Å². The zero-order valence-corrected chi connectivity index (χ0v) is 10.0. The third-order valence-electron chi connectivity index (χ3n) is 2.79. The normalized spacial score (nSPS) is 15.0. The number of aryl methyl sites for hydroxylation is 1. The Morgan fingerprint density at radius 3 is 3.12 bits per heavy atom. The summed E-state index contributed by atoms with van der Waals surface area (Å²) in [5, 5.41) is 1.47. The summed E-state index contributed by atoms with van der Waals surface area (Å²) >= 11 is 0. The van der Waals surface area contributed by atoms with E-state index in [0.717, 1.165) is 30.7 Å².